The second-order valence-electron chi connectivity index (χ2n) is 7.07. The number of nitrogens with one attached hydrogen (secondary N) is 1. The van der Waals surface area contributed by atoms with Crippen molar-refractivity contribution in [3.8, 4) is 5.75 Å². The van der Waals surface area contributed by atoms with Gasteiger partial charge < -0.3 is 14.8 Å². The molecule has 2 aromatic carbocycles. The van der Waals surface area contributed by atoms with Crippen molar-refractivity contribution in [1.29, 1.82) is 0 Å². The highest BCUT2D eigenvalue weighted by atomic mass is 35.5. The normalized spacial score (nSPS) is 14.2. The molecule has 0 aromatic heterocycles. The summed E-state index contributed by atoms with van der Waals surface area (Å²) in [4.78, 5) is 24.7. The molecule has 0 bridgehead atoms. The summed E-state index contributed by atoms with van der Waals surface area (Å²) in [6.07, 6.45) is 1.26. The number of aryl methyl sites for hydroxylation is 1. The number of esters is 1. The molecule has 5 nitrogen and oxygen atoms in total. The first-order valence-corrected chi connectivity index (χ1v) is 9.94. The Kier molecular flexibility index (Phi) is 7.09. The van der Waals surface area contributed by atoms with Gasteiger partial charge in [-0.1, -0.05) is 23.7 Å². The Bertz CT molecular complexity index is 868. The van der Waals surface area contributed by atoms with Crippen LogP contribution in [0.15, 0.2) is 42.5 Å². The lowest BCUT2D eigenvalue weighted by atomic mass is 10.1. The maximum atomic E-state index is 13.2. The molecule has 29 heavy (non-hydrogen) atoms. The lowest BCUT2D eigenvalue weighted by Gasteiger charge is -2.18. The third kappa shape index (κ3) is 6.46. The molecule has 1 saturated carbocycles. The van der Waals surface area contributed by atoms with Gasteiger partial charge in [-0.15, -0.1) is 0 Å². The van der Waals surface area contributed by atoms with Crippen molar-refractivity contribution in [1.82, 2.24) is 5.32 Å². The quantitative estimate of drug-likeness (QED) is 0.479. The standard InChI is InChI=1S/C22H23ClFNO4/c1-14-13-18(10-11-19(14)23)28-12-2-3-20(26)29-21(22(27)25-17-8-9-17)15-4-6-16(24)7-5-15/h4-7,10-11,13,17,21H,2-3,8-9,12H2,1H3,(H,25,27). The first kappa shape index (κ1) is 21.1. The number of amides is 1. The molecular weight excluding hydrogens is 397 g/mol. The fourth-order valence-corrected chi connectivity index (χ4v) is 2.84. The predicted molar refractivity (Wildman–Crippen MR) is 107 cm³/mol. The minimum absolute atomic E-state index is 0.0982. The molecule has 0 spiro atoms. The van der Waals surface area contributed by atoms with Gasteiger partial charge in [0.15, 0.2) is 0 Å². The number of carbonyl (C=O) groups is 2. The van der Waals surface area contributed by atoms with Gasteiger partial charge in [0.1, 0.15) is 11.6 Å². The molecule has 1 unspecified atom stereocenters. The Hall–Kier alpha value is -2.60. The lowest BCUT2D eigenvalue weighted by Crippen LogP contribution is -2.33. The van der Waals surface area contributed by atoms with Crippen molar-refractivity contribution in [3.63, 3.8) is 0 Å². The van der Waals surface area contributed by atoms with Crippen molar-refractivity contribution in [2.45, 2.75) is 44.8 Å². The van der Waals surface area contributed by atoms with Crippen molar-refractivity contribution in [2.75, 3.05) is 6.61 Å². The van der Waals surface area contributed by atoms with Crippen LogP contribution in [-0.2, 0) is 14.3 Å². The Labute approximate surface area is 174 Å². The van der Waals surface area contributed by atoms with Crippen molar-refractivity contribution in [2.24, 2.45) is 0 Å². The van der Waals surface area contributed by atoms with Crippen LogP contribution in [0.2, 0.25) is 5.02 Å². The van der Waals surface area contributed by atoms with Crippen LogP contribution in [0.5, 0.6) is 5.75 Å². The number of halogens is 2. The van der Waals surface area contributed by atoms with Crippen LogP contribution in [0.3, 0.4) is 0 Å². The molecular formula is C22H23ClFNO4. The summed E-state index contributed by atoms with van der Waals surface area (Å²) in [6, 6.07) is 10.9. The monoisotopic (exact) mass is 419 g/mol. The highest BCUT2D eigenvalue weighted by molar-refractivity contribution is 6.31. The molecule has 0 heterocycles. The smallest absolute Gasteiger partial charge is 0.307 e. The largest absolute Gasteiger partial charge is 0.494 e. The van der Waals surface area contributed by atoms with Crippen LogP contribution in [-0.4, -0.2) is 24.5 Å². The molecule has 3 rings (SSSR count). The van der Waals surface area contributed by atoms with E-state index in [9.17, 15) is 14.0 Å². The van der Waals surface area contributed by atoms with E-state index in [1.165, 1.54) is 24.3 Å². The van der Waals surface area contributed by atoms with Gasteiger partial charge in [0.25, 0.3) is 5.91 Å². The molecule has 1 fully saturated rings. The van der Waals surface area contributed by atoms with Crippen LogP contribution in [0, 0.1) is 12.7 Å². The van der Waals surface area contributed by atoms with Gasteiger partial charge in [-0.2, -0.15) is 0 Å². The van der Waals surface area contributed by atoms with Gasteiger partial charge in [-0.25, -0.2) is 4.39 Å². The minimum atomic E-state index is -1.09. The number of benzene rings is 2. The van der Waals surface area contributed by atoms with Crippen LogP contribution in [0.4, 0.5) is 4.39 Å². The number of carbonyl (C=O) groups excluding carboxylic acids is 2. The van der Waals surface area contributed by atoms with E-state index < -0.39 is 17.9 Å². The van der Waals surface area contributed by atoms with E-state index in [1.807, 2.05) is 13.0 Å². The minimum Gasteiger partial charge on any atom is -0.494 e. The summed E-state index contributed by atoms with van der Waals surface area (Å²) in [7, 11) is 0. The van der Waals surface area contributed by atoms with E-state index in [0.29, 0.717) is 29.4 Å². The first-order chi connectivity index (χ1) is 13.9. The molecule has 1 amide bonds. The van der Waals surface area contributed by atoms with E-state index in [2.05, 4.69) is 5.32 Å². The Morgan fingerprint density at radius 3 is 2.59 bits per heavy atom. The number of rotatable bonds is 9. The molecule has 154 valence electrons. The molecule has 0 aliphatic heterocycles. The summed E-state index contributed by atoms with van der Waals surface area (Å²) >= 11 is 5.98. The van der Waals surface area contributed by atoms with Crippen molar-refractivity contribution < 1.29 is 23.5 Å². The first-order valence-electron chi connectivity index (χ1n) is 9.56. The Morgan fingerprint density at radius 1 is 1.21 bits per heavy atom. The highest BCUT2D eigenvalue weighted by Crippen LogP contribution is 2.24. The third-order valence-electron chi connectivity index (χ3n) is 4.51. The van der Waals surface area contributed by atoms with Gasteiger partial charge in [-0.05, 0) is 62.1 Å². The Balaban J connectivity index is 1.51. The number of hydrogen-bond donors (Lipinski definition) is 1. The van der Waals surface area contributed by atoms with Gasteiger partial charge in [0.2, 0.25) is 6.10 Å². The van der Waals surface area contributed by atoms with Gasteiger partial charge in [-0.3, -0.25) is 9.59 Å². The Morgan fingerprint density at radius 2 is 1.93 bits per heavy atom. The second-order valence-corrected chi connectivity index (χ2v) is 7.47. The molecule has 1 aliphatic rings. The van der Waals surface area contributed by atoms with E-state index in [-0.39, 0.29) is 18.4 Å². The van der Waals surface area contributed by atoms with Crippen LogP contribution < -0.4 is 10.1 Å². The van der Waals surface area contributed by atoms with E-state index >= 15 is 0 Å². The zero-order chi connectivity index (χ0) is 20.8. The second kappa shape index (κ2) is 9.74. The highest BCUT2D eigenvalue weighted by Gasteiger charge is 2.30. The summed E-state index contributed by atoms with van der Waals surface area (Å²) in [6.45, 7) is 2.21. The number of ether oxygens (including phenoxy) is 2. The number of hydrogen-bond acceptors (Lipinski definition) is 4. The molecule has 0 radical (unpaired) electrons. The zero-order valence-electron chi connectivity index (χ0n) is 16.1. The predicted octanol–water partition coefficient (Wildman–Crippen LogP) is 4.51. The van der Waals surface area contributed by atoms with Crippen molar-refractivity contribution >= 4 is 23.5 Å². The molecule has 1 atom stereocenters. The fourth-order valence-electron chi connectivity index (χ4n) is 2.72. The van der Waals surface area contributed by atoms with Crippen LogP contribution in [0.25, 0.3) is 0 Å². The molecule has 7 heteroatoms. The summed E-state index contributed by atoms with van der Waals surface area (Å²) in [5.41, 5.74) is 1.35. The van der Waals surface area contributed by atoms with Crippen LogP contribution in [0.1, 0.15) is 42.9 Å². The maximum Gasteiger partial charge on any atom is 0.307 e. The summed E-state index contributed by atoms with van der Waals surface area (Å²) < 4.78 is 24.2. The molecule has 2 aromatic rings. The average Bonchev–Trinajstić information content (AvgIpc) is 3.51. The summed E-state index contributed by atoms with van der Waals surface area (Å²) in [5.74, 6) is -0.647. The lowest BCUT2D eigenvalue weighted by molar-refractivity contribution is -0.156. The topological polar surface area (TPSA) is 64.6 Å². The molecule has 1 N–H and O–H groups in total. The zero-order valence-corrected chi connectivity index (χ0v) is 16.9. The van der Waals surface area contributed by atoms with Gasteiger partial charge in [0, 0.05) is 23.0 Å². The fraction of sp³-hybridized carbons (Fsp3) is 0.364. The molecule has 1 aliphatic carbocycles. The van der Waals surface area contributed by atoms with E-state index in [1.54, 1.807) is 12.1 Å². The van der Waals surface area contributed by atoms with E-state index in [4.69, 9.17) is 21.1 Å². The average molecular weight is 420 g/mol. The summed E-state index contributed by atoms with van der Waals surface area (Å²) in [5, 5.41) is 3.49. The van der Waals surface area contributed by atoms with Crippen LogP contribution >= 0.6 is 11.6 Å². The van der Waals surface area contributed by atoms with E-state index in [0.717, 1.165) is 18.4 Å². The SMILES string of the molecule is Cc1cc(OCCCC(=O)OC(C(=O)NC2CC2)c2ccc(F)cc2)ccc1Cl. The maximum absolute atomic E-state index is 13.2. The van der Waals surface area contributed by atoms with Crippen molar-refractivity contribution in [3.05, 3.63) is 64.4 Å². The van der Waals surface area contributed by atoms with Gasteiger partial charge >= 0.3 is 5.97 Å². The third-order valence-corrected chi connectivity index (χ3v) is 4.93. The molecule has 0 saturated heterocycles. The van der Waals surface area contributed by atoms with Gasteiger partial charge in [0.05, 0.1) is 6.61 Å².